The van der Waals surface area contributed by atoms with Gasteiger partial charge in [-0.05, 0) is 38.5 Å². The van der Waals surface area contributed by atoms with E-state index < -0.39 is 0 Å². The molecule has 2 heteroatoms. The van der Waals surface area contributed by atoms with E-state index in [0.717, 1.165) is 6.04 Å². The Hall–Kier alpha value is -0.530. The van der Waals surface area contributed by atoms with Crippen LogP contribution in [0.2, 0.25) is 0 Å². The fourth-order valence-electron chi connectivity index (χ4n) is 1.82. The van der Waals surface area contributed by atoms with Crippen LogP contribution >= 0.6 is 0 Å². The average Bonchev–Trinajstić information content (AvgIpc) is 2.85. The van der Waals surface area contributed by atoms with Crippen LogP contribution in [-0.2, 0) is 0 Å². The third-order valence-corrected chi connectivity index (χ3v) is 2.91. The molecule has 0 aromatic rings. The normalized spacial score (nSPS) is 24.8. The minimum absolute atomic E-state index is 0.720. The van der Waals surface area contributed by atoms with Crippen LogP contribution in [0.3, 0.4) is 0 Å². The maximum absolute atomic E-state index is 4.51. The Kier molecular flexibility index (Phi) is 3.22. The molecule has 2 saturated carbocycles. The molecule has 2 nitrogen and oxygen atoms in total. The Balaban J connectivity index is 1.76. The highest BCUT2D eigenvalue weighted by Gasteiger charge is 2.20. The van der Waals surface area contributed by atoms with E-state index in [1.165, 1.54) is 63.5 Å². The first-order valence-corrected chi connectivity index (χ1v) is 5.76. The molecular formula is C11H20N2. The van der Waals surface area contributed by atoms with Crippen molar-refractivity contribution in [2.24, 2.45) is 5.10 Å². The Morgan fingerprint density at radius 2 is 1.54 bits per heavy atom. The highest BCUT2D eigenvalue weighted by atomic mass is 15.3. The van der Waals surface area contributed by atoms with Crippen LogP contribution in [0, 0.1) is 0 Å². The van der Waals surface area contributed by atoms with Gasteiger partial charge in [0, 0.05) is 11.8 Å². The predicted octanol–water partition coefficient (Wildman–Crippen LogP) is 2.84. The Morgan fingerprint density at radius 1 is 0.923 bits per heavy atom. The average molecular weight is 180 g/mol. The molecule has 0 atom stereocenters. The summed E-state index contributed by atoms with van der Waals surface area (Å²) in [4.78, 5) is 0. The van der Waals surface area contributed by atoms with Gasteiger partial charge < -0.3 is 5.43 Å². The first-order chi connectivity index (χ1) is 6.45. The van der Waals surface area contributed by atoms with Gasteiger partial charge in [-0.1, -0.05) is 19.3 Å². The lowest BCUT2D eigenvalue weighted by molar-refractivity contribution is 0.599. The van der Waals surface area contributed by atoms with Gasteiger partial charge in [0.2, 0.25) is 0 Å². The van der Waals surface area contributed by atoms with Crippen LogP contribution in [0.25, 0.3) is 0 Å². The van der Waals surface area contributed by atoms with E-state index in [0.29, 0.717) is 0 Å². The van der Waals surface area contributed by atoms with Crippen molar-refractivity contribution in [1.82, 2.24) is 5.43 Å². The van der Waals surface area contributed by atoms with Crippen molar-refractivity contribution in [2.75, 3.05) is 0 Å². The third-order valence-electron chi connectivity index (χ3n) is 2.91. The second-order valence-corrected chi connectivity index (χ2v) is 4.35. The molecule has 0 spiro atoms. The SMILES string of the molecule is C1CCCC(=NNC2CC2)CCC1. The Morgan fingerprint density at radius 3 is 2.15 bits per heavy atom. The molecule has 2 fully saturated rings. The zero-order valence-electron chi connectivity index (χ0n) is 8.39. The van der Waals surface area contributed by atoms with Crippen molar-refractivity contribution in [3.05, 3.63) is 0 Å². The number of rotatable bonds is 2. The van der Waals surface area contributed by atoms with E-state index in [9.17, 15) is 0 Å². The largest absolute Gasteiger partial charge is 0.307 e. The van der Waals surface area contributed by atoms with Crippen LogP contribution < -0.4 is 5.43 Å². The Bertz CT molecular complexity index is 173. The summed E-state index contributed by atoms with van der Waals surface area (Å²) in [6, 6.07) is 0.720. The van der Waals surface area contributed by atoms with Gasteiger partial charge in [-0.3, -0.25) is 0 Å². The third kappa shape index (κ3) is 3.37. The smallest absolute Gasteiger partial charge is 0.0441 e. The van der Waals surface area contributed by atoms with Crippen LogP contribution in [-0.4, -0.2) is 11.8 Å². The number of hydrogen-bond acceptors (Lipinski definition) is 2. The lowest BCUT2D eigenvalue weighted by Crippen LogP contribution is -2.13. The summed E-state index contributed by atoms with van der Waals surface area (Å²) >= 11 is 0. The van der Waals surface area contributed by atoms with Crippen molar-refractivity contribution in [3.63, 3.8) is 0 Å². The lowest BCUT2D eigenvalue weighted by atomic mass is 9.99. The second-order valence-electron chi connectivity index (χ2n) is 4.35. The van der Waals surface area contributed by atoms with E-state index in [-0.39, 0.29) is 0 Å². The van der Waals surface area contributed by atoms with Crippen molar-refractivity contribution >= 4 is 5.71 Å². The van der Waals surface area contributed by atoms with Gasteiger partial charge in [-0.15, -0.1) is 0 Å². The summed E-state index contributed by atoms with van der Waals surface area (Å²) in [6.45, 7) is 0. The summed E-state index contributed by atoms with van der Waals surface area (Å²) in [5.74, 6) is 0. The number of hydrogen-bond donors (Lipinski definition) is 1. The van der Waals surface area contributed by atoms with E-state index in [4.69, 9.17) is 0 Å². The van der Waals surface area contributed by atoms with Crippen LogP contribution in [0.15, 0.2) is 5.10 Å². The van der Waals surface area contributed by atoms with Gasteiger partial charge in [0.15, 0.2) is 0 Å². The zero-order chi connectivity index (χ0) is 8.93. The molecule has 0 bridgehead atoms. The molecule has 0 saturated heterocycles. The fourth-order valence-corrected chi connectivity index (χ4v) is 1.82. The molecule has 0 aromatic carbocycles. The standard InChI is InChI=1S/C11H20N2/c1-2-4-6-10(7-5-3-1)12-13-11-8-9-11/h11,13H,1-9H2. The van der Waals surface area contributed by atoms with Gasteiger partial charge >= 0.3 is 0 Å². The predicted molar refractivity (Wildman–Crippen MR) is 55.9 cm³/mol. The molecule has 0 heterocycles. The van der Waals surface area contributed by atoms with E-state index in [2.05, 4.69) is 10.5 Å². The fraction of sp³-hybridized carbons (Fsp3) is 0.909. The second kappa shape index (κ2) is 4.64. The number of hydrazone groups is 1. The van der Waals surface area contributed by atoms with Crippen molar-refractivity contribution in [3.8, 4) is 0 Å². The minimum Gasteiger partial charge on any atom is -0.307 e. The minimum atomic E-state index is 0.720. The van der Waals surface area contributed by atoms with Crippen molar-refractivity contribution in [2.45, 2.75) is 63.8 Å². The molecule has 13 heavy (non-hydrogen) atoms. The molecule has 1 N–H and O–H groups in total. The molecular weight excluding hydrogens is 160 g/mol. The highest BCUT2D eigenvalue weighted by molar-refractivity contribution is 5.84. The molecule has 2 rings (SSSR count). The van der Waals surface area contributed by atoms with Crippen molar-refractivity contribution in [1.29, 1.82) is 0 Å². The quantitative estimate of drug-likeness (QED) is 0.649. The van der Waals surface area contributed by atoms with Gasteiger partial charge in [0.05, 0.1) is 0 Å². The van der Waals surface area contributed by atoms with Gasteiger partial charge in [-0.25, -0.2) is 0 Å². The zero-order valence-corrected chi connectivity index (χ0v) is 8.39. The molecule has 0 unspecified atom stereocenters. The number of nitrogens with zero attached hydrogens (tertiary/aromatic N) is 1. The molecule has 0 amide bonds. The van der Waals surface area contributed by atoms with Crippen molar-refractivity contribution < 1.29 is 0 Å². The van der Waals surface area contributed by atoms with Gasteiger partial charge in [-0.2, -0.15) is 5.10 Å². The summed E-state index contributed by atoms with van der Waals surface area (Å²) in [6.07, 6.45) is 12.1. The molecule has 2 aliphatic carbocycles. The topological polar surface area (TPSA) is 24.4 Å². The first kappa shape index (κ1) is 9.04. The first-order valence-electron chi connectivity index (χ1n) is 5.76. The van der Waals surface area contributed by atoms with Crippen LogP contribution in [0.4, 0.5) is 0 Å². The molecule has 0 aliphatic heterocycles. The van der Waals surface area contributed by atoms with Gasteiger partial charge in [0.25, 0.3) is 0 Å². The van der Waals surface area contributed by atoms with E-state index in [1.54, 1.807) is 0 Å². The maximum Gasteiger partial charge on any atom is 0.0441 e. The summed E-state index contributed by atoms with van der Waals surface area (Å²) < 4.78 is 0. The lowest BCUT2D eigenvalue weighted by Gasteiger charge is -2.10. The van der Waals surface area contributed by atoms with Crippen LogP contribution in [0.1, 0.15) is 57.8 Å². The Labute approximate surface area is 80.8 Å². The summed E-state index contributed by atoms with van der Waals surface area (Å²) in [5.41, 5.74) is 4.69. The number of nitrogens with one attached hydrogen (secondary N) is 1. The summed E-state index contributed by atoms with van der Waals surface area (Å²) in [7, 11) is 0. The van der Waals surface area contributed by atoms with Crippen LogP contribution in [0.5, 0.6) is 0 Å². The maximum atomic E-state index is 4.51. The van der Waals surface area contributed by atoms with E-state index >= 15 is 0 Å². The molecule has 2 aliphatic rings. The molecule has 0 aromatic heterocycles. The van der Waals surface area contributed by atoms with E-state index in [1.807, 2.05) is 0 Å². The molecule has 0 radical (unpaired) electrons. The van der Waals surface area contributed by atoms with Gasteiger partial charge in [0.1, 0.15) is 0 Å². The highest BCUT2D eigenvalue weighted by Crippen LogP contribution is 2.19. The molecule has 74 valence electrons. The monoisotopic (exact) mass is 180 g/mol. The summed E-state index contributed by atoms with van der Waals surface area (Å²) in [5, 5.41) is 4.51.